The SMILES string of the molecule is CCOC(=O)Nc1ccc(-c2cc(-c3ccccc3)n[nH]2)cc1. The lowest BCUT2D eigenvalue weighted by Gasteiger charge is -2.05. The molecule has 3 rings (SSSR count). The molecule has 1 heterocycles. The predicted octanol–water partition coefficient (Wildman–Crippen LogP) is 4.31. The van der Waals surface area contributed by atoms with Crippen LogP contribution in [0.2, 0.25) is 0 Å². The molecule has 0 aliphatic rings. The maximum absolute atomic E-state index is 11.4. The van der Waals surface area contributed by atoms with Crippen molar-refractivity contribution < 1.29 is 9.53 Å². The summed E-state index contributed by atoms with van der Waals surface area (Å²) in [5.41, 5.74) is 4.57. The zero-order valence-electron chi connectivity index (χ0n) is 12.7. The van der Waals surface area contributed by atoms with E-state index in [2.05, 4.69) is 15.5 Å². The van der Waals surface area contributed by atoms with Gasteiger partial charge in [0.05, 0.1) is 18.0 Å². The lowest BCUT2D eigenvalue weighted by molar-refractivity contribution is 0.168. The number of ether oxygens (including phenoxy) is 1. The third kappa shape index (κ3) is 3.58. The van der Waals surface area contributed by atoms with E-state index < -0.39 is 6.09 Å². The molecule has 2 N–H and O–H groups in total. The van der Waals surface area contributed by atoms with Crippen molar-refractivity contribution in [1.82, 2.24) is 10.2 Å². The number of H-pyrrole nitrogens is 1. The predicted molar refractivity (Wildman–Crippen MR) is 90.1 cm³/mol. The summed E-state index contributed by atoms with van der Waals surface area (Å²) in [5, 5.41) is 10.0. The van der Waals surface area contributed by atoms with E-state index in [9.17, 15) is 4.79 Å². The second kappa shape index (κ2) is 6.79. The van der Waals surface area contributed by atoms with Crippen molar-refractivity contribution in [3.8, 4) is 22.5 Å². The Morgan fingerprint density at radius 2 is 1.83 bits per heavy atom. The van der Waals surface area contributed by atoms with Gasteiger partial charge in [0.25, 0.3) is 0 Å². The topological polar surface area (TPSA) is 67.0 Å². The van der Waals surface area contributed by atoms with E-state index in [1.54, 1.807) is 6.92 Å². The van der Waals surface area contributed by atoms with E-state index in [4.69, 9.17) is 4.74 Å². The molecule has 0 aliphatic carbocycles. The van der Waals surface area contributed by atoms with Gasteiger partial charge in [-0.15, -0.1) is 0 Å². The standard InChI is InChI=1S/C18H17N3O2/c1-2-23-18(22)19-15-10-8-14(9-11-15)17-12-16(20-21-17)13-6-4-3-5-7-13/h3-12H,2H2,1H3,(H,19,22)(H,20,21). The molecule has 1 aromatic heterocycles. The van der Waals surface area contributed by atoms with E-state index >= 15 is 0 Å². The second-order valence-electron chi connectivity index (χ2n) is 4.96. The van der Waals surface area contributed by atoms with Gasteiger partial charge in [0.15, 0.2) is 0 Å². The van der Waals surface area contributed by atoms with Crippen molar-refractivity contribution in [3.05, 3.63) is 60.7 Å². The molecule has 0 unspecified atom stereocenters. The first-order valence-electron chi connectivity index (χ1n) is 7.41. The molecule has 0 radical (unpaired) electrons. The number of carbonyl (C=O) groups excluding carboxylic acids is 1. The highest BCUT2D eigenvalue weighted by atomic mass is 16.5. The zero-order valence-corrected chi connectivity index (χ0v) is 12.7. The number of aromatic amines is 1. The zero-order chi connectivity index (χ0) is 16.1. The maximum Gasteiger partial charge on any atom is 0.411 e. The summed E-state index contributed by atoms with van der Waals surface area (Å²) in [6.45, 7) is 2.12. The molecule has 116 valence electrons. The maximum atomic E-state index is 11.4. The average Bonchev–Trinajstić information content (AvgIpc) is 3.07. The molecule has 0 aliphatic heterocycles. The van der Waals surface area contributed by atoms with Crippen molar-refractivity contribution in [2.45, 2.75) is 6.92 Å². The molecule has 0 saturated heterocycles. The fraction of sp³-hybridized carbons (Fsp3) is 0.111. The number of anilines is 1. The van der Waals surface area contributed by atoms with Gasteiger partial charge in [0.1, 0.15) is 0 Å². The Balaban J connectivity index is 1.75. The monoisotopic (exact) mass is 307 g/mol. The van der Waals surface area contributed by atoms with Gasteiger partial charge in [0.2, 0.25) is 0 Å². The molecule has 5 nitrogen and oxygen atoms in total. The second-order valence-corrected chi connectivity index (χ2v) is 4.96. The van der Waals surface area contributed by atoms with Gasteiger partial charge in [-0.3, -0.25) is 10.4 Å². The van der Waals surface area contributed by atoms with E-state index in [0.717, 1.165) is 22.5 Å². The minimum atomic E-state index is -0.451. The van der Waals surface area contributed by atoms with Crippen LogP contribution in [0, 0.1) is 0 Å². The largest absolute Gasteiger partial charge is 0.450 e. The van der Waals surface area contributed by atoms with Crippen LogP contribution in [-0.2, 0) is 4.74 Å². The van der Waals surface area contributed by atoms with Crippen LogP contribution in [-0.4, -0.2) is 22.9 Å². The van der Waals surface area contributed by atoms with Gasteiger partial charge in [-0.25, -0.2) is 4.79 Å². The molecule has 23 heavy (non-hydrogen) atoms. The fourth-order valence-corrected chi connectivity index (χ4v) is 2.24. The van der Waals surface area contributed by atoms with E-state index in [-0.39, 0.29) is 0 Å². The summed E-state index contributed by atoms with van der Waals surface area (Å²) in [7, 11) is 0. The summed E-state index contributed by atoms with van der Waals surface area (Å²) in [6, 6.07) is 19.5. The summed E-state index contributed by atoms with van der Waals surface area (Å²) in [4.78, 5) is 11.4. The highest BCUT2D eigenvalue weighted by Gasteiger charge is 2.06. The first-order chi connectivity index (χ1) is 11.3. The molecule has 0 atom stereocenters. The van der Waals surface area contributed by atoms with Crippen molar-refractivity contribution >= 4 is 11.8 Å². The molecule has 0 bridgehead atoms. The molecular weight excluding hydrogens is 290 g/mol. The smallest absolute Gasteiger partial charge is 0.411 e. The number of amides is 1. The number of rotatable bonds is 4. The van der Waals surface area contributed by atoms with E-state index in [0.29, 0.717) is 12.3 Å². The van der Waals surface area contributed by atoms with Crippen LogP contribution in [0.3, 0.4) is 0 Å². The van der Waals surface area contributed by atoms with Crippen LogP contribution in [0.25, 0.3) is 22.5 Å². The number of hydrogen-bond donors (Lipinski definition) is 2. The van der Waals surface area contributed by atoms with Gasteiger partial charge in [-0.1, -0.05) is 42.5 Å². The summed E-state index contributed by atoms with van der Waals surface area (Å²) in [5.74, 6) is 0. The normalized spacial score (nSPS) is 10.3. The van der Waals surface area contributed by atoms with Gasteiger partial charge < -0.3 is 4.74 Å². The molecular formula is C18H17N3O2. The Morgan fingerprint density at radius 1 is 1.09 bits per heavy atom. The quantitative estimate of drug-likeness (QED) is 0.754. The first kappa shape index (κ1) is 14.8. The molecule has 1 amide bonds. The van der Waals surface area contributed by atoms with Crippen LogP contribution in [0.1, 0.15) is 6.92 Å². The summed E-state index contributed by atoms with van der Waals surface area (Å²) < 4.78 is 4.85. The lowest BCUT2D eigenvalue weighted by Crippen LogP contribution is -2.12. The Kier molecular flexibility index (Phi) is 4.38. The molecule has 5 heteroatoms. The molecule has 0 saturated carbocycles. The van der Waals surface area contributed by atoms with E-state index in [1.807, 2.05) is 60.7 Å². The Hall–Kier alpha value is -3.08. The number of aromatic nitrogens is 2. The highest BCUT2D eigenvalue weighted by molar-refractivity contribution is 5.85. The number of hydrogen-bond acceptors (Lipinski definition) is 3. The number of nitrogens with one attached hydrogen (secondary N) is 2. The number of benzene rings is 2. The van der Waals surface area contributed by atoms with Gasteiger partial charge in [0, 0.05) is 11.3 Å². The highest BCUT2D eigenvalue weighted by Crippen LogP contribution is 2.24. The fourth-order valence-electron chi connectivity index (χ4n) is 2.24. The lowest BCUT2D eigenvalue weighted by atomic mass is 10.1. The third-order valence-electron chi connectivity index (χ3n) is 3.37. The Labute approximate surface area is 134 Å². The molecule has 2 aromatic carbocycles. The van der Waals surface area contributed by atoms with Crippen LogP contribution < -0.4 is 5.32 Å². The van der Waals surface area contributed by atoms with Gasteiger partial charge in [-0.2, -0.15) is 5.10 Å². The van der Waals surface area contributed by atoms with Crippen molar-refractivity contribution in [3.63, 3.8) is 0 Å². The molecule has 3 aromatic rings. The van der Waals surface area contributed by atoms with Crippen LogP contribution in [0.4, 0.5) is 10.5 Å². The van der Waals surface area contributed by atoms with E-state index in [1.165, 1.54) is 0 Å². The average molecular weight is 307 g/mol. The van der Waals surface area contributed by atoms with Crippen LogP contribution >= 0.6 is 0 Å². The number of nitrogens with zero attached hydrogens (tertiary/aromatic N) is 1. The van der Waals surface area contributed by atoms with Gasteiger partial charge in [-0.05, 0) is 30.7 Å². The van der Waals surface area contributed by atoms with Crippen molar-refractivity contribution in [2.75, 3.05) is 11.9 Å². The molecule has 0 spiro atoms. The minimum Gasteiger partial charge on any atom is -0.450 e. The minimum absolute atomic E-state index is 0.348. The summed E-state index contributed by atoms with van der Waals surface area (Å²) in [6.07, 6.45) is -0.451. The van der Waals surface area contributed by atoms with Crippen molar-refractivity contribution in [1.29, 1.82) is 0 Å². The number of carbonyl (C=O) groups is 1. The molecule has 0 fully saturated rings. The van der Waals surface area contributed by atoms with Crippen LogP contribution in [0.5, 0.6) is 0 Å². The first-order valence-corrected chi connectivity index (χ1v) is 7.41. The van der Waals surface area contributed by atoms with Crippen LogP contribution in [0.15, 0.2) is 60.7 Å². The Morgan fingerprint density at radius 3 is 2.52 bits per heavy atom. The van der Waals surface area contributed by atoms with Crippen molar-refractivity contribution in [2.24, 2.45) is 0 Å². The summed E-state index contributed by atoms with van der Waals surface area (Å²) >= 11 is 0. The van der Waals surface area contributed by atoms with Gasteiger partial charge >= 0.3 is 6.09 Å². The third-order valence-corrected chi connectivity index (χ3v) is 3.37. The Bertz CT molecular complexity index is 780.